The summed E-state index contributed by atoms with van der Waals surface area (Å²) in [4.78, 5) is 17.1. The number of aromatic nitrogens is 5. The first kappa shape index (κ1) is 11.0. The van der Waals surface area contributed by atoms with Crippen molar-refractivity contribution in [3.8, 4) is 0 Å². The molecule has 2 aromatic heterocycles. The molecule has 0 saturated carbocycles. The lowest BCUT2D eigenvalue weighted by atomic mass is 10.2. The van der Waals surface area contributed by atoms with E-state index in [1.54, 1.807) is 26.4 Å². The van der Waals surface area contributed by atoms with Gasteiger partial charge in [0.05, 0.1) is 12.6 Å². The molecule has 1 amide bonds. The Kier molecular flexibility index (Phi) is 2.95. The summed E-state index contributed by atoms with van der Waals surface area (Å²) < 4.78 is 0. The number of carbonyl (C=O) groups is 1. The summed E-state index contributed by atoms with van der Waals surface area (Å²) in [6.07, 6.45) is 3.07. The molecule has 2 heterocycles. The first-order valence-corrected chi connectivity index (χ1v) is 4.88. The third kappa shape index (κ3) is 2.36. The van der Waals surface area contributed by atoms with Gasteiger partial charge in [-0.05, 0) is 11.3 Å². The Morgan fingerprint density at radius 1 is 1.47 bits per heavy atom. The van der Waals surface area contributed by atoms with Crippen molar-refractivity contribution >= 4 is 17.5 Å². The van der Waals surface area contributed by atoms with Crippen LogP contribution in [-0.4, -0.2) is 38.1 Å². The van der Waals surface area contributed by atoms with Gasteiger partial charge in [-0.2, -0.15) is 4.80 Å². The molecule has 0 fully saturated rings. The molecule has 0 radical (unpaired) electrons. The fourth-order valence-corrected chi connectivity index (χ4v) is 1.30. The van der Waals surface area contributed by atoms with Crippen molar-refractivity contribution < 1.29 is 4.79 Å². The van der Waals surface area contributed by atoms with Crippen LogP contribution in [0.4, 0.5) is 11.6 Å². The van der Waals surface area contributed by atoms with E-state index >= 15 is 0 Å². The number of nitrogens with zero attached hydrogens (tertiary/aromatic N) is 5. The summed E-state index contributed by atoms with van der Waals surface area (Å²) in [6.45, 7) is 0. The Hall–Kier alpha value is -2.51. The topological polar surface area (TPSA) is 97.6 Å². The van der Waals surface area contributed by atoms with Crippen LogP contribution in [0, 0.1) is 0 Å². The van der Waals surface area contributed by atoms with Crippen molar-refractivity contribution in [1.82, 2.24) is 25.2 Å². The van der Waals surface area contributed by atoms with E-state index in [-0.39, 0.29) is 11.9 Å². The van der Waals surface area contributed by atoms with Crippen LogP contribution in [-0.2, 0) is 7.05 Å². The zero-order valence-corrected chi connectivity index (χ0v) is 9.38. The minimum Gasteiger partial charge on any atom is -0.387 e. The van der Waals surface area contributed by atoms with Gasteiger partial charge in [-0.15, -0.1) is 5.10 Å². The Bertz CT molecular complexity index is 536. The maximum atomic E-state index is 11.9. The highest BCUT2D eigenvalue weighted by molar-refractivity contribution is 6.06. The van der Waals surface area contributed by atoms with Gasteiger partial charge in [0.1, 0.15) is 0 Å². The molecule has 0 spiro atoms. The van der Waals surface area contributed by atoms with E-state index in [9.17, 15) is 4.79 Å². The second-order valence-corrected chi connectivity index (χ2v) is 3.23. The van der Waals surface area contributed by atoms with Gasteiger partial charge in [-0.3, -0.25) is 15.1 Å². The molecule has 0 aliphatic carbocycles. The van der Waals surface area contributed by atoms with Gasteiger partial charge in [-0.1, -0.05) is 5.10 Å². The number of nitrogens with one attached hydrogen (secondary N) is 2. The van der Waals surface area contributed by atoms with Crippen LogP contribution in [0.5, 0.6) is 0 Å². The molecule has 8 heteroatoms. The second-order valence-electron chi connectivity index (χ2n) is 3.23. The van der Waals surface area contributed by atoms with E-state index in [1.807, 2.05) is 0 Å². The van der Waals surface area contributed by atoms with Gasteiger partial charge in [0.2, 0.25) is 0 Å². The average Bonchev–Trinajstić information content (AvgIpc) is 2.74. The van der Waals surface area contributed by atoms with Crippen LogP contribution in [0.2, 0.25) is 0 Å². The summed E-state index contributed by atoms with van der Waals surface area (Å²) >= 11 is 0. The number of carbonyl (C=O) groups excluding carboxylic acids is 1. The van der Waals surface area contributed by atoms with Gasteiger partial charge >= 0.3 is 0 Å². The number of anilines is 2. The standard InChI is InChI=1S/C9H11N7O/c1-10-7-3-4-11-5-6(7)8(17)12-9-13-15-16(2)14-9/h3-5H,1-2H3,(H,10,11)(H,12,14,17). The molecule has 0 unspecified atom stereocenters. The largest absolute Gasteiger partial charge is 0.387 e. The zero-order chi connectivity index (χ0) is 12.3. The van der Waals surface area contributed by atoms with Crippen LogP contribution in [0.15, 0.2) is 18.5 Å². The van der Waals surface area contributed by atoms with Crippen LogP contribution in [0.3, 0.4) is 0 Å². The fraction of sp³-hybridized carbons (Fsp3) is 0.222. The van der Waals surface area contributed by atoms with Crippen molar-refractivity contribution in [2.75, 3.05) is 17.7 Å². The quantitative estimate of drug-likeness (QED) is 0.768. The van der Waals surface area contributed by atoms with E-state index in [0.29, 0.717) is 11.3 Å². The molecule has 0 aliphatic heterocycles. The lowest BCUT2D eigenvalue weighted by Gasteiger charge is -2.06. The van der Waals surface area contributed by atoms with E-state index in [1.165, 1.54) is 11.0 Å². The van der Waals surface area contributed by atoms with Gasteiger partial charge in [-0.25, -0.2) is 0 Å². The van der Waals surface area contributed by atoms with Gasteiger partial charge < -0.3 is 5.32 Å². The van der Waals surface area contributed by atoms with Crippen molar-refractivity contribution in [3.63, 3.8) is 0 Å². The number of rotatable bonds is 3. The molecule has 0 saturated heterocycles. The summed E-state index contributed by atoms with van der Waals surface area (Å²) in [5, 5.41) is 16.6. The Balaban J connectivity index is 2.20. The zero-order valence-electron chi connectivity index (χ0n) is 9.38. The molecule has 0 aromatic carbocycles. The molecule has 8 nitrogen and oxygen atoms in total. The van der Waals surface area contributed by atoms with Gasteiger partial charge in [0.25, 0.3) is 11.9 Å². The maximum absolute atomic E-state index is 11.9. The molecule has 0 bridgehead atoms. The minimum absolute atomic E-state index is 0.156. The lowest BCUT2D eigenvalue weighted by molar-refractivity contribution is 0.102. The predicted molar refractivity (Wildman–Crippen MR) is 60.5 cm³/mol. The van der Waals surface area contributed by atoms with E-state index < -0.39 is 0 Å². The number of tetrazole rings is 1. The Morgan fingerprint density at radius 2 is 2.29 bits per heavy atom. The summed E-state index contributed by atoms with van der Waals surface area (Å²) in [6, 6.07) is 1.71. The molecule has 0 atom stereocenters. The van der Waals surface area contributed by atoms with Crippen LogP contribution < -0.4 is 10.6 Å². The molecule has 2 N–H and O–H groups in total. The number of hydrogen-bond donors (Lipinski definition) is 2. The highest BCUT2D eigenvalue weighted by Crippen LogP contribution is 2.13. The van der Waals surface area contributed by atoms with Crippen molar-refractivity contribution in [1.29, 1.82) is 0 Å². The smallest absolute Gasteiger partial charge is 0.270 e. The number of amides is 1. The second kappa shape index (κ2) is 4.56. The molecule has 17 heavy (non-hydrogen) atoms. The van der Waals surface area contributed by atoms with Crippen LogP contribution in [0.1, 0.15) is 10.4 Å². The van der Waals surface area contributed by atoms with Crippen LogP contribution >= 0.6 is 0 Å². The summed E-state index contributed by atoms with van der Waals surface area (Å²) in [7, 11) is 3.35. The van der Waals surface area contributed by atoms with Crippen molar-refractivity contribution in [3.05, 3.63) is 24.0 Å². The highest BCUT2D eigenvalue weighted by Gasteiger charge is 2.13. The SMILES string of the molecule is CNc1ccncc1C(=O)Nc1nnn(C)n1. The average molecular weight is 233 g/mol. The van der Waals surface area contributed by atoms with E-state index in [4.69, 9.17) is 0 Å². The Morgan fingerprint density at radius 3 is 2.94 bits per heavy atom. The molecular formula is C9H11N7O. The van der Waals surface area contributed by atoms with Crippen LogP contribution in [0.25, 0.3) is 0 Å². The molecule has 0 aliphatic rings. The Labute approximate surface area is 97.0 Å². The summed E-state index contributed by atoms with van der Waals surface area (Å²) in [5.41, 5.74) is 1.10. The van der Waals surface area contributed by atoms with E-state index in [2.05, 4.69) is 31.0 Å². The molecule has 2 rings (SSSR count). The summed E-state index contributed by atoms with van der Waals surface area (Å²) in [5.74, 6) is -0.182. The third-order valence-electron chi connectivity index (χ3n) is 2.07. The minimum atomic E-state index is -0.338. The van der Waals surface area contributed by atoms with E-state index in [0.717, 1.165) is 0 Å². The molecule has 2 aromatic rings. The highest BCUT2D eigenvalue weighted by atomic mass is 16.1. The number of hydrogen-bond acceptors (Lipinski definition) is 6. The monoisotopic (exact) mass is 233 g/mol. The van der Waals surface area contributed by atoms with Crippen molar-refractivity contribution in [2.45, 2.75) is 0 Å². The van der Waals surface area contributed by atoms with Gasteiger partial charge in [0.15, 0.2) is 0 Å². The van der Waals surface area contributed by atoms with Gasteiger partial charge in [0, 0.05) is 25.1 Å². The first-order valence-electron chi connectivity index (χ1n) is 4.88. The molecular weight excluding hydrogens is 222 g/mol. The first-order chi connectivity index (χ1) is 8.20. The third-order valence-corrected chi connectivity index (χ3v) is 2.07. The molecule has 88 valence electrons. The van der Waals surface area contributed by atoms with Crippen molar-refractivity contribution in [2.24, 2.45) is 7.05 Å². The fourth-order valence-electron chi connectivity index (χ4n) is 1.30. The lowest BCUT2D eigenvalue weighted by Crippen LogP contribution is -2.15. The maximum Gasteiger partial charge on any atom is 0.270 e. The number of pyridine rings is 1. The predicted octanol–water partition coefficient (Wildman–Crippen LogP) is -0.101. The number of aryl methyl sites for hydroxylation is 1. The normalized spacial score (nSPS) is 10.0.